The van der Waals surface area contributed by atoms with Crippen LogP contribution in [0.2, 0.25) is 0 Å². The lowest BCUT2D eigenvalue weighted by atomic mass is 10.2. The molecule has 0 spiro atoms. The lowest BCUT2D eigenvalue weighted by Crippen LogP contribution is -2.06. The third-order valence-corrected chi connectivity index (χ3v) is 2.32. The van der Waals surface area contributed by atoms with Crippen molar-refractivity contribution in [1.29, 1.82) is 0 Å². The fraction of sp³-hybridized carbons (Fsp3) is 0.417. The molecule has 16 heavy (non-hydrogen) atoms. The quantitative estimate of drug-likeness (QED) is 0.728. The highest BCUT2D eigenvalue weighted by atomic mass is 16.5. The number of rotatable bonds is 5. The molecule has 1 heterocycles. The summed E-state index contributed by atoms with van der Waals surface area (Å²) in [4.78, 5) is 0. The molecule has 0 aliphatic heterocycles. The summed E-state index contributed by atoms with van der Waals surface area (Å²) < 4.78 is 15.9. The van der Waals surface area contributed by atoms with E-state index >= 15 is 0 Å². The fourth-order valence-electron chi connectivity index (χ4n) is 1.50. The van der Waals surface area contributed by atoms with Crippen LogP contribution in [-0.4, -0.2) is 25.0 Å². The molecule has 2 rings (SSSR count). The SMILES string of the molecule is CCOCCOc1ccc2c(C)noc2c1. The molecule has 4 heteroatoms. The molecule has 0 unspecified atom stereocenters. The Morgan fingerprint density at radius 1 is 1.31 bits per heavy atom. The fourth-order valence-corrected chi connectivity index (χ4v) is 1.50. The lowest BCUT2D eigenvalue weighted by molar-refractivity contribution is 0.110. The Morgan fingerprint density at radius 3 is 3.00 bits per heavy atom. The van der Waals surface area contributed by atoms with Crippen molar-refractivity contribution < 1.29 is 14.0 Å². The Hall–Kier alpha value is -1.55. The molecule has 0 atom stereocenters. The smallest absolute Gasteiger partial charge is 0.170 e. The Bertz CT molecular complexity index is 464. The molecule has 0 amide bonds. The van der Waals surface area contributed by atoms with Crippen molar-refractivity contribution >= 4 is 11.0 Å². The third kappa shape index (κ3) is 2.33. The molecule has 1 aromatic carbocycles. The minimum Gasteiger partial charge on any atom is -0.491 e. The molecule has 0 saturated heterocycles. The van der Waals surface area contributed by atoms with Gasteiger partial charge in [-0.05, 0) is 26.0 Å². The summed E-state index contributed by atoms with van der Waals surface area (Å²) in [7, 11) is 0. The molecule has 0 saturated carbocycles. The maximum atomic E-state index is 5.51. The van der Waals surface area contributed by atoms with Gasteiger partial charge in [0.25, 0.3) is 0 Å². The number of aryl methyl sites for hydroxylation is 1. The van der Waals surface area contributed by atoms with Crippen molar-refractivity contribution in [2.45, 2.75) is 13.8 Å². The molecule has 2 aromatic rings. The normalized spacial score (nSPS) is 10.9. The first-order valence-corrected chi connectivity index (χ1v) is 5.38. The Morgan fingerprint density at radius 2 is 2.19 bits per heavy atom. The summed E-state index contributed by atoms with van der Waals surface area (Å²) in [6, 6.07) is 5.72. The molecule has 86 valence electrons. The van der Waals surface area contributed by atoms with Gasteiger partial charge in [-0.25, -0.2) is 0 Å². The van der Waals surface area contributed by atoms with Gasteiger partial charge >= 0.3 is 0 Å². The predicted molar refractivity (Wildman–Crippen MR) is 60.7 cm³/mol. The van der Waals surface area contributed by atoms with E-state index in [0.717, 1.165) is 22.4 Å². The highest BCUT2D eigenvalue weighted by Gasteiger charge is 2.04. The second kappa shape index (κ2) is 4.99. The molecule has 0 radical (unpaired) electrons. The third-order valence-electron chi connectivity index (χ3n) is 2.32. The van der Waals surface area contributed by atoms with Gasteiger partial charge in [0.2, 0.25) is 0 Å². The molecule has 0 bridgehead atoms. The van der Waals surface area contributed by atoms with E-state index in [1.807, 2.05) is 32.0 Å². The monoisotopic (exact) mass is 221 g/mol. The molecule has 0 fully saturated rings. The summed E-state index contributed by atoms with van der Waals surface area (Å²) in [5, 5.41) is 4.92. The predicted octanol–water partition coefficient (Wildman–Crippen LogP) is 2.55. The number of aromatic nitrogens is 1. The van der Waals surface area contributed by atoms with Crippen molar-refractivity contribution in [3.8, 4) is 5.75 Å². The first kappa shape index (κ1) is 11.0. The van der Waals surface area contributed by atoms with Gasteiger partial charge in [0.15, 0.2) is 5.58 Å². The van der Waals surface area contributed by atoms with E-state index in [1.54, 1.807) is 0 Å². The number of ether oxygens (including phenoxy) is 2. The summed E-state index contributed by atoms with van der Waals surface area (Å²) in [5.74, 6) is 0.781. The number of fused-ring (bicyclic) bond motifs is 1. The van der Waals surface area contributed by atoms with Crippen LogP contribution in [0.1, 0.15) is 12.6 Å². The van der Waals surface area contributed by atoms with Gasteiger partial charge < -0.3 is 14.0 Å². The maximum absolute atomic E-state index is 5.51. The number of benzene rings is 1. The van der Waals surface area contributed by atoms with Crippen molar-refractivity contribution in [3.05, 3.63) is 23.9 Å². The van der Waals surface area contributed by atoms with Crippen LogP contribution in [0.4, 0.5) is 0 Å². The van der Waals surface area contributed by atoms with Crippen LogP contribution in [0.3, 0.4) is 0 Å². The standard InChI is InChI=1S/C12H15NO3/c1-3-14-6-7-15-10-4-5-11-9(2)13-16-12(11)8-10/h4-5,8H,3,6-7H2,1-2H3. The van der Waals surface area contributed by atoms with Crippen LogP contribution < -0.4 is 4.74 Å². The minimum atomic E-state index is 0.548. The molecule has 4 nitrogen and oxygen atoms in total. The van der Waals surface area contributed by atoms with Gasteiger partial charge in [0.1, 0.15) is 12.4 Å². The lowest BCUT2D eigenvalue weighted by Gasteiger charge is -2.05. The largest absolute Gasteiger partial charge is 0.491 e. The summed E-state index contributed by atoms with van der Waals surface area (Å²) in [5.41, 5.74) is 1.65. The summed E-state index contributed by atoms with van der Waals surface area (Å²) in [6.45, 7) is 5.74. The Balaban J connectivity index is 2.02. The number of nitrogens with zero attached hydrogens (tertiary/aromatic N) is 1. The first-order valence-electron chi connectivity index (χ1n) is 5.38. The van der Waals surface area contributed by atoms with Crippen molar-refractivity contribution in [2.24, 2.45) is 0 Å². The number of hydrogen-bond donors (Lipinski definition) is 0. The first-order chi connectivity index (χ1) is 7.81. The number of hydrogen-bond acceptors (Lipinski definition) is 4. The second-order valence-corrected chi connectivity index (χ2v) is 3.47. The zero-order valence-corrected chi connectivity index (χ0v) is 9.53. The highest BCUT2D eigenvalue weighted by Crippen LogP contribution is 2.22. The molecule has 0 aliphatic rings. The molecular formula is C12H15NO3. The van der Waals surface area contributed by atoms with E-state index in [-0.39, 0.29) is 0 Å². The molecule has 0 aliphatic carbocycles. The van der Waals surface area contributed by atoms with E-state index in [1.165, 1.54) is 0 Å². The average Bonchev–Trinajstić information content (AvgIpc) is 2.66. The van der Waals surface area contributed by atoms with Gasteiger partial charge in [-0.1, -0.05) is 5.16 Å². The van der Waals surface area contributed by atoms with Gasteiger partial charge in [-0.2, -0.15) is 0 Å². The molecule has 1 aromatic heterocycles. The highest BCUT2D eigenvalue weighted by molar-refractivity contribution is 5.80. The molecular weight excluding hydrogens is 206 g/mol. The van der Waals surface area contributed by atoms with E-state index in [4.69, 9.17) is 14.0 Å². The van der Waals surface area contributed by atoms with Gasteiger partial charge in [0, 0.05) is 18.1 Å². The van der Waals surface area contributed by atoms with E-state index in [0.29, 0.717) is 19.8 Å². The Kier molecular flexibility index (Phi) is 3.41. The van der Waals surface area contributed by atoms with Crippen LogP contribution in [0.15, 0.2) is 22.7 Å². The topological polar surface area (TPSA) is 44.5 Å². The van der Waals surface area contributed by atoms with Crippen molar-refractivity contribution in [3.63, 3.8) is 0 Å². The van der Waals surface area contributed by atoms with E-state index in [9.17, 15) is 0 Å². The zero-order valence-electron chi connectivity index (χ0n) is 9.53. The average molecular weight is 221 g/mol. The maximum Gasteiger partial charge on any atom is 0.170 e. The van der Waals surface area contributed by atoms with Crippen molar-refractivity contribution in [1.82, 2.24) is 5.16 Å². The van der Waals surface area contributed by atoms with E-state index < -0.39 is 0 Å². The zero-order chi connectivity index (χ0) is 11.4. The van der Waals surface area contributed by atoms with E-state index in [2.05, 4.69) is 5.16 Å². The van der Waals surface area contributed by atoms with Gasteiger partial charge in [-0.3, -0.25) is 0 Å². The van der Waals surface area contributed by atoms with Crippen LogP contribution in [-0.2, 0) is 4.74 Å². The second-order valence-electron chi connectivity index (χ2n) is 3.47. The van der Waals surface area contributed by atoms with Crippen LogP contribution in [0, 0.1) is 6.92 Å². The van der Waals surface area contributed by atoms with Crippen molar-refractivity contribution in [2.75, 3.05) is 19.8 Å². The summed E-state index contributed by atoms with van der Waals surface area (Å²) >= 11 is 0. The molecule has 0 N–H and O–H groups in total. The van der Waals surface area contributed by atoms with Crippen LogP contribution in [0.25, 0.3) is 11.0 Å². The van der Waals surface area contributed by atoms with Gasteiger partial charge in [-0.15, -0.1) is 0 Å². The van der Waals surface area contributed by atoms with Gasteiger partial charge in [0.05, 0.1) is 12.3 Å². The minimum absolute atomic E-state index is 0.548. The van der Waals surface area contributed by atoms with Crippen LogP contribution >= 0.6 is 0 Å². The van der Waals surface area contributed by atoms with Crippen LogP contribution in [0.5, 0.6) is 5.75 Å². The summed E-state index contributed by atoms with van der Waals surface area (Å²) in [6.07, 6.45) is 0. The Labute approximate surface area is 94.1 Å².